The van der Waals surface area contributed by atoms with Gasteiger partial charge in [-0.25, -0.2) is 4.79 Å². The van der Waals surface area contributed by atoms with Crippen LogP contribution in [-0.2, 0) is 17.9 Å². The third-order valence-electron chi connectivity index (χ3n) is 2.47. The first kappa shape index (κ1) is 13.0. The number of ether oxygens (including phenoxy) is 1. The molecule has 0 aliphatic rings. The molecule has 5 nitrogen and oxygen atoms in total. The molecule has 0 aliphatic carbocycles. The lowest BCUT2D eigenvalue weighted by Gasteiger charge is -2.06. The minimum absolute atomic E-state index is 0.0325. The Balaban J connectivity index is 2.04. The van der Waals surface area contributed by atoms with Crippen molar-refractivity contribution in [2.45, 2.75) is 20.1 Å². The summed E-state index contributed by atoms with van der Waals surface area (Å²) in [6, 6.07) is 11.2. The Bertz CT molecular complexity index is 620. The second-order valence-electron chi connectivity index (χ2n) is 4.15. The van der Waals surface area contributed by atoms with Gasteiger partial charge in [-0.2, -0.15) is 4.98 Å². The summed E-state index contributed by atoms with van der Waals surface area (Å²) in [5, 5.41) is 0. The molecule has 0 N–H and O–H groups in total. The quantitative estimate of drug-likeness (QED) is 0.813. The Morgan fingerprint density at radius 2 is 2.00 bits per heavy atom. The van der Waals surface area contributed by atoms with Gasteiger partial charge in [0.05, 0.1) is 6.54 Å². The van der Waals surface area contributed by atoms with Gasteiger partial charge in [-0.15, -0.1) is 0 Å². The van der Waals surface area contributed by atoms with Gasteiger partial charge in [0, 0.05) is 12.3 Å². The van der Waals surface area contributed by atoms with E-state index in [0.29, 0.717) is 6.61 Å². The lowest BCUT2D eigenvalue weighted by molar-refractivity contribution is -0.117. The van der Waals surface area contributed by atoms with E-state index in [2.05, 4.69) is 4.98 Å². The molecule has 2 rings (SSSR count). The van der Waals surface area contributed by atoms with E-state index in [-0.39, 0.29) is 18.2 Å². The average Bonchev–Trinajstić information content (AvgIpc) is 2.40. The first-order valence-corrected chi connectivity index (χ1v) is 5.89. The van der Waals surface area contributed by atoms with E-state index >= 15 is 0 Å². The number of nitrogens with zero attached hydrogens (tertiary/aromatic N) is 2. The van der Waals surface area contributed by atoms with Crippen molar-refractivity contribution in [3.63, 3.8) is 0 Å². The van der Waals surface area contributed by atoms with Crippen molar-refractivity contribution in [2.24, 2.45) is 0 Å². The molecule has 0 unspecified atom stereocenters. The summed E-state index contributed by atoms with van der Waals surface area (Å²) in [5.74, 6) is 0.163. The molecule has 0 spiro atoms. The minimum Gasteiger partial charge on any atom is -0.473 e. The van der Waals surface area contributed by atoms with E-state index in [0.717, 1.165) is 5.56 Å². The molecule has 1 aromatic carbocycles. The van der Waals surface area contributed by atoms with Crippen molar-refractivity contribution in [1.82, 2.24) is 9.55 Å². The van der Waals surface area contributed by atoms with E-state index in [1.165, 1.54) is 17.7 Å². The highest BCUT2D eigenvalue weighted by Gasteiger charge is 2.03. The summed E-state index contributed by atoms with van der Waals surface area (Å²) in [6.45, 7) is 1.81. The fraction of sp³-hybridized carbons (Fsp3) is 0.214. The van der Waals surface area contributed by atoms with E-state index in [1.807, 2.05) is 30.3 Å². The van der Waals surface area contributed by atoms with Gasteiger partial charge in [0.2, 0.25) is 5.88 Å². The van der Waals surface area contributed by atoms with Gasteiger partial charge in [0.15, 0.2) is 0 Å². The Hall–Kier alpha value is -2.43. The minimum atomic E-state index is -0.485. The number of carbonyl (C=O) groups excluding carboxylic acids is 1. The van der Waals surface area contributed by atoms with E-state index in [1.54, 1.807) is 6.07 Å². The molecule has 98 valence electrons. The normalized spacial score (nSPS) is 10.2. The fourth-order valence-electron chi connectivity index (χ4n) is 1.59. The highest BCUT2D eigenvalue weighted by Crippen LogP contribution is 2.06. The maximum absolute atomic E-state index is 11.6. The standard InChI is InChI=1S/C14H14N2O3/c1-11(17)9-16-8-7-13(15-14(16)18)19-10-12-5-3-2-4-6-12/h2-8H,9-10H2,1H3. The number of Topliss-reactive ketones (excluding diaryl/α,β-unsaturated/α-hetero) is 1. The maximum Gasteiger partial charge on any atom is 0.351 e. The summed E-state index contributed by atoms with van der Waals surface area (Å²) in [7, 11) is 0. The third-order valence-corrected chi connectivity index (χ3v) is 2.47. The van der Waals surface area contributed by atoms with Crippen LogP contribution in [0.4, 0.5) is 0 Å². The first-order chi connectivity index (χ1) is 9.15. The van der Waals surface area contributed by atoms with Gasteiger partial charge in [-0.1, -0.05) is 30.3 Å². The van der Waals surface area contributed by atoms with Crippen LogP contribution in [0.3, 0.4) is 0 Å². The highest BCUT2D eigenvalue weighted by molar-refractivity contribution is 5.75. The zero-order valence-electron chi connectivity index (χ0n) is 10.6. The van der Waals surface area contributed by atoms with Crippen molar-refractivity contribution in [3.05, 3.63) is 58.6 Å². The summed E-state index contributed by atoms with van der Waals surface area (Å²) in [5.41, 5.74) is 0.512. The number of benzene rings is 1. The van der Waals surface area contributed by atoms with Gasteiger partial charge in [-0.3, -0.25) is 9.36 Å². The fourth-order valence-corrected chi connectivity index (χ4v) is 1.59. The van der Waals surface area contributed by atoms with Crippen LogP contribution in [0.1, 0.15) is 12.5 Å². The molecule has 0 bridgehead atoms. The molecule has 1 heterocycles. The molecule has 0 fully saturated rings. The van der Waals surface area contributed by atoms with Crippen molar-refractivity contribution in [2.75, 3.05) is 0 Å². The summed E-state index contributed by atoms with van der Waals surface area (Å²) in [4.78, 5) is 26.3. The third kappa shape index (κ3) is 3.77. The second-order valence-corrected chi connectivity index (χ2v) is 4.15. The van der Waals surface area contributed by atoms with Crippen LogP contribution in [0.25, 0.3) is 0 Å². The number of hydrogen-bond acceptors (Lipinski definition) is 4. The first-order valence-electron chi connectivity index (χ1n) is 5.89. The Labute approximate surface area is 110 Å². The van der Waals surface area contributed by atoms with Crippen molar-refractivity contribution >= 4 is 5.78 Å². The SMILES string of the molecule is CC(=O)Cn1ccc(OCc2ccccc2)nc1=O. The van der Waals surface area contributed by atoms with Gasteiger partial charge >= 0.3 is 5.69 Å². The van der Waals surface area contributed by atoms with Crippen molar-refractivity contribution < 1.29 is 9.53 Å². The number of aromatic nitrogens is 2. The van der Waals surface area contributed by atoms with Gasteiger partial charge in [0.1, 0.15) is 12.4 Å². The summed E-state index contributed by atoms with van der Waals surface area (Å²) < 4.78 is 6.67. The van der Waals surface area contributed by atoms with Crippen LogP contribution < -0.4 is 10.4 Å². The highest BCUT2D eigenvalue weighted by atomic mass is 16.5. The Morgan fingerprint density at radius 1 is 1.26 bits per heavy atom. The molecule has 0 atom stereocenters. The number of ketones is 1. The molecule has 0 radical (unpaired) electrons. The van der Waals surface area contributed by atoms with Crippen molar-refractivity contribution in [3.8, 4) is 5.88 Å². The number of rotatable bonds is 5. The molecule has 1 aromatic heterocycles. The van der Waals surface area contributed by atoms with Crippen LogP contribution in [-0.4, -0.2) is 15.3 Å². The lowest BCUT2D eigenvalue weighted by atomic mass is 10.2. The summed E-state index contributed by atoms with van der Waals surface area (Å²) >= 11 is 0. The topological polar surface area (TPSA) is 61.2 Å². The predicted octanol–water partition coefficient (Wildman–Crippen LogP) is 1.41. The Morgan fingerprint density at radius 3 is 2.63 bits per heavy atom. The molecule has 0 aliphatic heterocycles. The molecule has 0 amide bonds. The Kier molecular flexibility index (Phi) is 4.07. The van der Waals surface area contributed by atoms with E-state index < -0.39 is 5.69 Å². The van der Waals surface area contributed by atoms with Gasteiger partial charge < -0.3 is 4.74 Å². The van der Waals surface area contributed by atoms with E-state index in [4.69, 9.17) is 4.74 Å². The number of hydrogen-bond donors (Lipinski definition) is 0. The molecular formula is C14H14N2O3. The summed E-state index contributed by atoms with van der Waals surface area (Å²) in [6.07, 6.45) is 1.51. The molecule has 5 heteroatoms. The van der Waals surface area contributed by atoms with Crippen LogP contribution >= 0.6 is 0 Å². The average molecular weight is 258 g/mol. The van der Waals surface area contributed by atoms with Gasteiger partial charge in [0.25, 0.3) is 0 Å². The van der Waals surface area contributed by atoms with Crippen LogP contribution in [0.2, 0.25) is 0 Å². The maximum atomic E-state index is 11.6. The van der Waals surface area contributed by atoms with Crippen LogP contribution in [0.15, 0.2) is 47.4 Å². The van der Waals surface area contributed by atoms with Crippen molar-refractivity contribution in [1.29, 1.82) is 0 Å². The second kappa shape index (κ2) is 5.95. The molecular weight excluding hydrogens is 244 g/mol. The molecule has 2 aromatic rings. The lowest BCUT2D eigenvalue weighted by Crippen LogP contribution is -2.25. The molecule has 0 saturated heterocycles. The predicted molar refractivity (Wildman–Crippen MR) is 70.0 cm³/mol. The zero-order chi connectivity index (χ0) is 13.7. The monoisotopic (exact) mass is 258 g/mol. The van der Waals surface area contributed by atoms with Crippen LogP contribution in [0, 0.1) is 0 Å². The van der Waals surface area contributed by atoms with Gasteiger partial charge in [-0.05, 0) is 12.5 Å². The van der Waals surface area contributed by atoms with E-state index in [9.17, 15) is 9.59 Å². The molecule has 19 heavy (non-hydrogen) atoms. The zero-order valence-corrected chi connectivity index (χ0v) is 10.6. The van der Waals surface area contributed by atoms with Crippen LogP contribution in [0.5, 0.6) is 5.88 Å². The smallest absolute Gasteiger partial charge is 0.351 e. The largest absolute Gasteiger partial charge is 0.473 e. The molecule has 0 saturated carbocycles. The number of carbonyl (C=O) groups is 1.